The molecule has 0 saturated heterocycles. The topological polar surface area (TPSA) is 104 Å². The largest absolute Gasteiger partial charge is 0.507 e. The van der Waals surface area contributed by atoms with E-state index in [1.165, 1.54) is 24.7 Å². The van der Waals surface area contributed by atoms with Crippen molar-refractivity contribution in [3.05, 3.63) is 66.2 Å². The summed E-state index contributed by atoms with van der Waals surface area (Å²) in [6.45, 7) is 0. The van der Waals surface area contributed by atoms with Crippen molar-refractivity contribution in [1.82, 2.24) is 20.8 Å². The summed E-state index contributed by atoms with van der Waals surface area (Å²) in [6.07, 6.45) is 4.07. The van der Waals surface area contributed by atoms with Crippen LogP contribution < -0.4 is 10.9 Å². The van der Waals surface area contributed by atoms with Crippen LogP contribution in [0.4, 0.5) is 0 Å². The van der Waals surface area contributed by atoms with Gasteiger partial charge in [-0.05, 0) is 22.9 Å². The Morgan fingerprint density at radius 2 is 1.65 bits per heavy atom. The maximum atomic E-state index is 12.1. The molecule has 0 saturated carbocycles. The molecule has 3 N–H and O–H groups in total. The molecule has 1 heterocycles. The minimum atomic E-state index is -0.634. The molecule has 23 heavy (non-hydrogen) atoms. The summed E-state index contributed by atoms with van der Waals surface area (Å²) in [5.74, 6) is -1.41. The number of hydrogen-bond acceptors (Lipinski definition) is 5. The van der Waals surface area contributed by atoms with Crippen molar-refractivity contribution in [3.8, 4) is 5.75 Å². The van der Waals surface area contributed by atoms with E-state index >= 15 is 0 Å². The van der Waals surface area contributed by atoms with Gasteiger partial charge in [0.15, 0.2) is 0 Å². The SMILES string of the molecule is O=C(NNC(=O)c1cc2ccccc2cc1O)c1cnccn1. The van der Waals surface area contributed by atoms with Gasteiger partial charge < -0.3 is 5.11 Å². The predicted octanol–water partition coefficient (Wildman–Crippen LogP) is 1.41. The first-order chi connectivity index (χ1) is 11.1. The van der Waals surface area contributed by atoms with Crippen LogP contribution in [-0.2, 0) is 0 Å². The highest BCUT2D eigenvalue weighted by atomic mass is 16.3. The Hall–Kier alpha value is -3.48. The van der Waals surface area contributed by atoms with E-state index in [-0.39, 0.29) is 17.0 Å². The van der Waals surface area contributed by atoms with Crippen molar-refractivity contribution in [2.75, 3.05) is 0 Å². The monoisotopic (exact) mass is 308 g/mol. The molecule has 3 aromatic rings. The molecule has 0 aliphatic rings. The molecule has 0 bridgehead atoms. The highest BCUT2D eigenvalue weighted by molar-refractivity contribution is 6.03. The molecule has 0 unspecified atom stereocenters. The molecule has 0 spiro atoms. The molecular formula is C16H12N4O3. The zero-order valence-corrected chi connectivity index (χ0v) is 11.9. The zero-order valence-electron chi connectivity index (χ0n) is 11.9. The molecular weight excluding hydrogens is 296 g/mol. The van der Waals surface area contributed by atoms with Crippen LogP contribution in [-0.4, -0.2) is 26.9 Å². The van der Waals surface area contributed by atoms with E-state index in [1.54, 1.807) is 6.07 Å². The van der Waals surface area contributed by atoms with Crippen LogP contribution in [0.15, 0.2) is 55.0 Å². The molecule has 7 heteroatoms. The third-order valence-corrected chi connectivity index (χ3v) is 3.19. The van der Waals surface area contributed by atoms with Crippen LogP contribution in [0.5, 0.6) is 5.75 Å². The highest BCUT2D eigenvalue weighted by Gasteiger charge is 2.14. The number of hydrogen-bond donors (Lipinski definition) is 3. The summed E-state index contributed by atoms with van der Waals surface area (Å²) < 4.78 is 0. The fourth-order valence-corrected chi connectivity index (χ4v) is 2.07. The Morgan fingerprint density at radius 3 is 2.35 bits per heavy atom. The maximum Gasteiger partial charge on any atom is 0.289 e. The van der Waals surface area contributed by atoms with Gasteiger partial charge in [-0.15, -0.1) is 0 Å². The summed E-state index contributed by atoms with van der Waals surface area (Å²) in [4.78, 5) is 31.5. The number of aromatic nitrogens is 2. The summed E-state index contributed by atoms with van der Waals surface area (Å²) in [7, 11) is 0. The first-order valence-electron chi connectivity index (χ1n) is 6.73. The van der Waals surface area contributed by atoms with Crippen molar-refractivity contribution < 1.29 is 14.7 Å². The standard InChI is InChI=1S/C16H12N4O3/c21-14-8-11-4-2-1-3-10(11)7-12(14)15(22)19-20-16(23)13-9-17-5-6-18-13/h1-9,21H,(H,19,22)(H,20,23). The number of fused-ring (bicyclic) bond motifs is 1. The number of carbonyl (C=O) groups is 2. The Kier molecular flexibility index (Phi) is 3.84. The summed E-state index contributed by atoms with van der Waals surface area (Å²) in [6, 6.07) is 10.4. The zero-order chi connectivity index (χ0) is 16.2. The maximum absolute atomic E-state index is 12.1. The number of hydrazine groups is 1. The molecule has 2 aromatic carbocycles. The molecule has 114 valence electrons. The van der Waals surface area contributed by atoms with Gasteiger partial charge in [0.05, 0.1) is 11.8 Å². The molecule has 0 fully saturated rings. The Labute approximate surface area is 131 Å². The van der Waals surface area contributed by atoms with Gasteiger partial charge in [0, 0.05) is 12.4 Å². The van der Waals surface area contributed by atoms with Crippen molar-refractivity contribution in [3.63, 3.8) is 0 Å². The fourth-order valence-electron chi connectivity index (χ4n) is 2.07. The smallest absolute Gasteiger partial charge is 0.289 e. The Bertz CT molecular complexity index is 881. The van der Waals surface area contributed by atoms with Gasteiger partial charge >= 0.3 is 0 Å². The Morgan fingerprint density at radius 1 is 0.957 bits per heavy atom. The second kappa shape index (κ2) is 6.10. The van der Waals surface area contributed by atoms with Crippen LogP contribution in [0.3, 0.4) is 0 Å². The van der Waals surface area contributed by atoms with E-state index in [2.05, 4.69) is 20.8 Å². The van der Waals surface area contributed by atoms with E-state index in [9.17, 15) is 14.7 Å². The van der Waals surface area contributed by atoms with Crippen molar-refractivity contribution >= 4 is 22.6 Å². The highest BCUT2D eigenvalue weighted by Crippen LogP contribution is 2.24. The van der Waals surface area contributed by atoms with Crippen molar-refractivity contribution in [1.29, 1.82) is 0 Å². The summed E-state index contributed by atoms with van der Waals surface area (Å²) >= 11 is 0. The third-order valence-electron chi connectivity index (χ3n) is 3.19. The molecule has 0 atom stereocenters. The minimum Gasteiger partial charge on any atom is -0.507 e. The van der Waals surface area contributed by atoms with Crippen LogP contribution in [0, 0.1) is 0 Å². The van der Waals surface area contributed by atoms with Crippen molar-refractivity contribution in [2.24, 2.45) is 0 Å². The number of benzene rings is 2. The van der Waals surface area contributed by atoms with Gasteiger partial charge in [0.1, 0.15) is 11.4 Å². The molecule has 3 rings (SSSR count). The van der Waals surface area contributed by atoms with E-state index in [1.807, 2.05) is 24.3 Å². The van der Waals surface area contributed by atoms with Gasteiger partial charge in [-0.1, -0.05) is 24.3 Å². The normalized spacial score (nSPS) is 10.3. The number of amides is 2. The van der Waals surface area contributed by atoms with E-state index in [4.69, 9.17) is 0 Å². The Balaban J connectivity index is 1.76. The van der Waals surface area contributed by atoms with Gasteiger partial charge in [0.2, 0.25) is 0 Å². The number of nitrogens with zero attached hydrogens (tertiary/aromatic N) is 2. The van der Waals surface area contributed by atoms with Crippen LogP contribution in [0.25, 0.3) is 10.8 Å². The first kappa shape index (κ1) is 14.5. The summed E-state index contributed by atoms with van der Waals surface area (Å²) in [5, 5.41) is 11.6. The molecule has 2 amide bonds. The number of aromatic hydroxyl groups is 1. The molecule has 1 aromatic heterocycles. The van der Waals surface area contributed by atoms with Crippen LogP contribution >= 0.6 is 0 Å². The lowest BCUT2D eigenvalue weighted by molar-refractivity contribution is 0.0842. The molecule has 0 radical (unpaired) electrons. The first-order valence-corrected chi connectivity index (χ1v) is 6.73. The summed E-state index contributed by atoms with van der Waals surface area (Å²) in [5.41, 5.74) is 4.58. The third kappa shape index (κ3) is 3.08. The average molecular weight is 308 g/mol. The van der Waals surface area contributed by atoms with Gasteiger partial charge in [0.25, 0.3) is 11.8 Å². The lowest BCUT2D eigenvalue weighted by atomic mass is 10.1. The second-order valence-electron chi connectivity index (χ2n) is 4.72. The van der Waals surface area contributed by atoms with Gasteiger partial charge in [-0.3, -0.25) is 25.4 Å². The van der Waals surface area contributed by atoms with Gasteiger partial charge in [-0.25, -0.2) is 4.98 Å². The van der Waals surface area contributed by atoms with Crippen molar-refractivity contribution in [2.45, 2.75) is 0 Å². The minimum absolute atomic E-state index is 0.0585. The quantitative estimate of drug-likeness (QED) is 0.621. The van der Waals surface area contributed by atoms with Crippen LogP contribution in [0.2, 0.25) is 0 Å². The van der Waals surface area contributed by atoms with Gasteiger partial charge in [-0.2, -0.15) is 0 Å². The lowest BCUT2D eigenvalue weighted by Gasteiger charge is -2.09. The number of carbonyl (C=O) groups excluding carboxylic acids is 2. The number of phenolic OH excluding ortho intramolecular Hbond substituents is 1. The number of rotatable bonds is 2. The fraction of sp³-hybridized carbons (Fsp3) is 0. The molecule has 0 aliphatic heterocycles. The van der Waals surface area contributed by atoms with E-state index in [0.29, 0.717) is 0 Å². The molecule has 0 aliphatic carbocycles. The number of nitrogens with one attached hydrogen (secondary N) is 2. The van der Waals surface area contributed by atoms with Crippen LogP contribution in [0.1, 0.15) is 20.8 Å². The van der Waals surface area contributed by atoms with E-state index < -0.39 is 11.8 Å². The second-order valence-corrected chi connectivity index (χ2v) is 4.72. The molecule has 7 nitrogen and oxygen atoms in total. The number of phenols is 1. The lowest BCUT2D eigenvalue weighted by Crippen LogP contribution is -2.42. The predicted molar refractivity (Wildman–Crippen MR) is 82.6 cm³/mol. The van der Waals surface area contributed by atoms with E-state index in [0.717, 1.165) is 10.8 Å². The average Bonchev–Trinajstić information content (AvgIpc) is 2.59.